The number of rotatable bonds is 12. The van der Waals surface area contributed by atoms with E-state index in [9.17, 15) is 14.4 Å². The number of urea groups is 3. The van der Waals surface area contributed by atoms with Crippen molar-refractivity contribution in [2.45, 2.75) is 102 Å². The fourth-order valence-corrected chi connectivity index (χ4v) is 15.8. The monoisotopic (exact) mass is 1560 g/mol. The fraction of sp³-hybridized carbons (Fsp3) is 0.483. The molecule has 6 fully saturated rings. The molecule has 1 unspecified atom stereocenters. The number of hydrogen-bond acceptors (Lipinski definition) is 15. The van der Waals surface area contributed by atoms with Crippen LogP contribution in [0.1, 0.15) is 98.3 Å². The Kier molecular flexibility index (Phi) is 24.6. The van der Waals surface area contributed by atoms with Crippen molar-refractivity contribution in [2.24, 2.45) is 55.1 Å². The van der Waals surface area contributed by atoms with E-state index in [1.165, 1.54) is 18.2 Å². The Hall–Kier alpha value is -10.4. The number of aryl methyl sites for hydroxylation is 6. The van der Waals surface area contributed by atoms with Gasteiger partial charge in [-0.05, 0) is 197 Å². The van der Waals surface area contributed by atoms with Crippen LogP contribution >= 0.6 is 0 Å². The summed E-state index contributed by atoms with van der Waals surface area (Å²) in [7, 11) is 5.62. The van der Waals surface area contributed by atoms with Gasteiger partial charge in [0.15, 0.2) is 0 Å². The predicted molar refractivity (Wildman–Crippen MR) is 443 cm³/mol. The van der Waals surface area contributed by atoms with Crippen molar-refractivity contribution in [3.63, 3.8) is 0 Å². The number of likely N-dealkylation sites (tertiary alicyclic amines) is 3. The quantitative estimate of drug-likeness (QED) is 0.103. The second kappa shape index (κ2) is 34.4. The number of carbonyl (C=O) groups is 3. The van der Waals surface area contributed by atoms with E-state index in [-0.39, 0.29) is 51.4 Å². The summed E-state index contributed by atoms with van der Waals surface area (Å²) in [5, 5.41) is 21.5. The lowest BCUT2D eigenvalue weighted by molar-refractivity contribution is 0.122. The van der Waals surface area contributed by atoms with Gasteiger partial charge in [-0.2, -0.15) is 15.3 Å². The number of ether oxygens (including phenoxy) is 3. The van der Waals surface area contributed by atoms with E-state index in [1.807, 2.05) is 96.9 Å². The number of pyridine rings is 3. The molecular formula is C87H111F3N18O6. The highest BCUT2D eigenvalue weighted by atomic mass is 19.1. The molecule has 6 aromatic heterocycles. The molecule has 0 spiro atoms. The zero-order valence-corrected chi connectivity index (χ0v) is 68.8. The molecule has 0 radical (unpaired) electrons. The number of benzene rings is 3. The van der Waals surface area contributed by atoms with Gasteiger partial charge >= 0.3 is 18.1 Å². The van der Waals surface area contributed by atoms with Crippen molar-refractivity contribution < 1.29 is 41.8 Å². The maximum Gasteiger partial charge on any atom is 0.321 e. The molecule has 3 aromatic carbocycles. The van der Waals surface area contributed by atoms with E-state index in [4.69, 9.17) is 29.2 Å². The molecule has 24 nitrogen and oxygen atoms in total. The number of amides is 6. The highest BCUT2D eigenvalue weighted by Crippen LogP contribution is 2.42. The Morgan fingerprint density at radius 1 is 0.368 bits per heavy atom. The van der Waals surface area contributed by atoms with Gasteiger partial charge in [0, 0.05) is 135 Å². The molecule has 0 bridgehead atoms. The molecule has 9 aromatic rings. The van der Waals surface area contributed by atoms with Gasteiger partial charge in [-0.1, -0.05) is 62.3 Å². The molecule has 6 saturated heterocycles. The van der Waals surface area contributed by atoms with Crippen LogP contribution in [0.5, 0.6) is 0 Å². The standard InChI is InChI=1S/3C29H37FN6O2/c3*1-19-12-24(30)26(33-28(37)36-7-6-22(18-36)29(2,3)4)15-23(19)20-13-25(21-16-31-34(5)17-21)32-27(14-20)35-8-10-38-11-9-35/h3*12-17,22H,6-11,18H2,1-5H3,(H,33,37)/t2*22-;/m10./s1. The van der Waals surface area contributed by atoms with E-state index in [0.29, 0.717) is 96.7 Å². The first-order chi connectivity index (χ1) is 54.2. The number of hydrogen-bond donors (Lipinski definition) is 3. The summed E-state index contributed by atoms with van der Waals surface area (Å²) in [6.07, 6.45) is 14.0. The van der Waals surface area contributed by atoms with Crippen molar-refractivity contribution in [2.75, 3.05) is 149 Å². The molecule has 6 aliphatic rings. The molecule has 15 rings (SSSR count). The SMILES string of the molecule is Cc1cc(F)c(NC(=O)N2CCC(C(C)(C)C)C2)cc1-c1cc(-c2cnn(C)c2)nc(N2CCOCC2)c1.Cc1cc(F)c(NC(=O)N2CC[C@@H](C(C)(C)C)C2)cc1-c1cc(-c2cnn(C)c2)nc(N2CCOCC2)c1.Cc1cc(F)c(NC(=O)N2CC[C@H](C(C)(C)C)C2)cc1-c1cc(-c2cnn(C)c2)nc(N2CCOCC2)c1. The largest absolute Gasteiger partial charge is 0.378 e. The van der Waals surface area contributed by atoms with Crippen molar-refractivity contribution in [3.8, 4) is 67.2 Å². The van der Waals surface area contributed by atoms with E-state index in [0.717, 1.165) is 160 Å². The third-order valence-corrected chi connectivity index (χ3v) is 23.1. The van der Waals surface area contributed by atoms with Gasteiger partial charge in [0.05, 0.1) is 92.4 Å². The number of morpholine rings is 3. The molecule has 114 heavy (non-hydrogen) atoms. The first kappa shape index (κ1) is 81.6. The highest BCUT2D eigenvalue weighted by molar-refractivity contribution is 5.94. The lowest BCUT2D eigenvalue weighted by atomic mass is 9.80. The van der Waals surface area contributed by atoms with Crippen LogP contribution in [0.2, 0.25) is 0 Å². The van der Waals surface area contributed by atoms with Gasteiger partial charge in [-0.25, -0.2) is 42.5 Å². The van der Waals surface area contributed by atoms with Gasteiger partial charge in [0.1, 0.15) is 34.9 Å². The minimum absolute atomic E-state index is 0.128. The summed E-state index contributed by atoms with van der Waals surface area (Å²) in [5.74, 6) is 2.45. The summed E-state index contributed by atoms with van der Waals surface area (Å²) in [6, 6.07) is 21.0. The average molecular weight is 1560 g/mol. The topological polar surface area (TPSA) is 227 Å². The van der Waals surface area contributed by atoms with Gasteiger partial charge in [-0.3, -0.25) is 14.0 Å². The van der Waals surface area contributed by atoms with Crippen LogP contribution in [-0.2, 0) is 35.4 Å². The number of anilines is 6. The van der Waals surface area contributed by atoms with E-state index in [2.05, 4.69) is 108 Å². The minimum Gasteiger partial charge on any atom is -0.378 e. The van der Waals surface area contributed by atoms with Crippen molar-refractivity contribution in [1.82, 2.24) is 59.0 Å². The number of nitrogens with zero attached hydrogens (tertiary/aromatic N) is 15. The van der Waals surface area contributed by atoms with Crippen LogP contribution in [0.25, 0.3) is 67.2 Å². The van der Waals surface area contributed by atoms with Gasteiger partial charge in [-0.15, -0.1) is 0 Å². The zero-order chi connectivity index (χ0) is 81.1. The Labute approximate surface area is 667 Å². The average Bonchev–Trinajstić information content (AvgIpc) is 0.991. The highest BCUT2D eigenvalue weighted by Gasteiger charge is 2.38. The van der Waals surface area contributed by atoms with Gasteiger partial charge < -0.3 is 59.6 Å². The van der Waals surface area contributed by atoms with Crippen LogP contribution in [0.3, 0.4) is 0 Å². The molecule has 606 valence electrons. The Morgan fingerprint density at radius 2 is 0.623 bits per heavy atom. The van der Waals surface area contributed by atoms with Crippen molar-refractivity contribution in [3.05, 3.63) is 144 Å². The zero-order valence-electron chi connectivity index (χ0n) is 68.8. The summed E-state index contributed by atoms with van der Waals surface area (Å²) < 4.78 is 67.1. The maximum absolute atomic E-state index is 15.1. The number of halogens is 3. The number of nitrogens with one attached hydrogen (secondary N) is 3. The van der Waals surface area contributed by atoms with Crippen molar-refractivity contribution >= 4 is 52.6 Å². The van der Waals surface area contributed by atoms with E-state index in [1.54, 1.807) is 65.5 Å². The third kappa shape index (κ3) is 19.5. The molecule has 0 aliphatic carbocycles. The van der Waals surface area contributed by atoms with Crippen LogP contribution in [0.4, 0.5) is 62.1 Å². The van der Waals surface area contributed by atoms with Crippen LogP contribution in [0.15, 0.2) is 110 Å². The summed E-state index contributed by atoms with van der Waals surface area (Å²) in [5.41, 5.74) is 13.6. The minimum atomic E-state index is -0.443. The van der Waals surface area contributed by atoms with Crippen LogP contribution < -0.4 is 30.7 Å². The van der Waals surface area contributed by atoms with Crippen LogP contribution in [-0.4, -0.2) is 195 Å². The second-order valence-electron chi connectivity index (χ2n) is 34.4. The smallest absolute Gasteiger partial charge is 0.321 e. The Morgan fingerprint density at radius 3 is 0.842 bits per heavy atom. The number of aromatic nitrogens is 9. The van der Waals surface area contributed by atoms with Crippen molar-refractivity contribution in [1.29, 1.82) is 0 Å². The fourth-order valence-electron chi connectivity index (χ4n) is 15.8. The molecular weight excluding hydrogens is 1450 g/mol. The molecule has 6 amide bonds. The molecule has 3 N–H and O–H groups in total. The lowest BCUT2D eigenvalue weighted by Crippen LogP contribution is -2.36. The lowest BCUT2D eigenvalue weighted by Gasteiger charge is -2.28. The molecule has 0 saturated carbocycles. The summed E-state index contributed by atoms with van der Waals surface area (Å²) in [6.45, 7) is 37.9. The molecule has 3 atom stereocenters. The summed E-state index contributed by atoms with van der Waals surface area (Å²) in [4.78, 5) is 66.0. The molecule has 12 heterocycles. The summed E-state index contributed by atoms with van der Waals surface area (Å²) >= 11 is 0. The van der Waals surface area contributed by atoms with E-state index < -0.39 is 17.5 Å². The Bertz CT molecular complexity index is 4460. The molecule has 27 heteroatoms. The first-order valence-electron chi connectivity index (χ1n) is 39.9. The van der Waals surface area contributed by atoms with Crippen LogP contribution in [0, 0.1) is 72.2 Å². The Balaban J connectivity index is 0.000000149. The first-order valence-corrected chi connectivity index (χ1v) is 39.9. The van der Waals surface area contributed by atoms with Gasteiger partial charge in [0.2, 0.25) is 0 Å². The third-order valence-electron chi connectivity index (χ3n) is 23.1. The maximum atomic E-state index is 15.1. The second-order valence-corrected chi connectivity index (χ2v) is 34.4. The van der Waals surface area contributed by atoms with Gasteiger partial charge in [0.25, 0.3) is 0 Å². The number of carbonyl (C=O) groups excluding carboxylic acids is 3. The molecule has 6 aliphatic heterocycles. The normalized spacial score (nSPS) is 18.2. The predicted octanol–water partition coefficient (Wildman–Crippen LogP) is 16.0. The van der Waals surface area contributed by atoms with E-state index >= 15 is 13.2 Å².